The van der Waals surface area contributed by atoms with Crippen LogP contribution in [0.4, 0.5) is 9.52 Å². The summed E-state index contributed by atoms with van der Waals surface area (Å²) in [6.45, 7) is -1.11. The number of thiazole rings is 1. The second-order valence-corrected chi connectivity index (χ2v) is 2.74. The van der Waals surface area contributed by atoms with Gasteiger partial charge in [-0.1, -0.05) is 5.16 Å². The second kappa shape index (κ2) is 4.51. The van der Waals surface area contributed by atoms with Crippen molar-refractivity contribution >= 4 is 28.5 Å². The number of hydrogen-bond acceptors (Lipinski definition) is 6. The summed E-state index contributed by atoms with van der Waals surface area (Å²) in [6, 6.07) is 0. The number of nitrogens with zero attached hydrogens (tertiary/aromatic N) is 2. The monoisotopic (exact) mass is 202 g/mol. The molecule has 1 radical (unpaired) electrons. The Morgan fingerprint density at radius 3 is 3.15 bits per heavy atom. The maximum Gasteiger partial charge on any atom is 0.259 e. The fourth-order valence-corrected chi connectivity index (χ4v) is 1.15. The van der Waals surface area contributed by atoms with Crippen molar-refractivity contribution in [3.8, 4) is 0 Å². The molecule has 1 aromatic rings. The first-order chi connectivity index (χ1) is 6.27. The predicted molar refractivity (Wildman–Crippen MR) is 45.8 cm³/mol. The van der Waals surface area contributed by atoms with E-state index in [4.69, 9.17) is 5.73 Å². The lowest BCUT2D eigenvalue weighted by molar-refractivity contribution is 0.0640. The zero-order valence-corrected chi connectivity index (χ0v) is 7.18. The van der Waals surface area contributed by atoms with Gasteiger partial charge in [0.25, 0.3) is 13.1 Å². The van der Waals surface area contributed by atoms with E-state index in [1.807, 2.05) is 0 Å². The Labute approximate surface area is 77.0 Å². The summed E-state index contributed by atoms with van der Waals surface area (Å²) in [5.74, 6) is 0. The van der Waals surface area contributed by atoms with Crippen LogP contribution in [0.15, 0.2) is 10.5 Å². The Bertz CT molecular complexity index is 325. The largest absolute Gasteiger partial charge is 0.375 e. The van der Waals surface area contributed by atoms with Gasteiger partial charge in [-0.05, 0) is 0 Å². The van der Waals surface area contributed by atoms with Crippen LogP contribution in [0.5, 0.6) is 0 Å². The molecule has 0 aromatic carbocycles. The quantitative estimate of drug-likeness (QED) is 0.569. The number of nitrogens with two attached hydrogens (primary N) is 1. The molecule has 7 heteroatoms. The molecule has 13 heavy (non-hydrogen) atoms. The zero-order chi connectivity index (χ0) is 9.68. The van der Waals surface area contributed by atoms with Gasteiger partial charge in [0.05, 0.1) is 0 Å². The van der Waals surface area contributed by atoms with Crippen molar-refractivity contribution in [3.63, 3.8) is 0 Å². The van der Waals surface area contributed by atoms with Crippen LogP contribution in [0.1, 0.15) is 5.69 Å². The molecule has 0 saturated carbocycles. The molecule has 69 valence electrons. The fourth-order valence-electron chi connectivity index (χ4n) is 0.603. The first-order valence-electron chi connectivity index (χ1n) is 3.13. The average Bonchev–Trinajstić information content (AvgIpc) is 2.54. The number of nitrogen functional groups attached to an aromatic ring is 1. The first kappa shape index (κ1) is 9.59. The van der Waals surface area contributed by atoms with Crippen LogP contribution in [0.25, 0.3) is 0 Å². The van der Waals surface area contributed by atoms with E-state index >= 15 is 0 Å². The van der Waals surface area contributed by atoms with E-state index in [0.717, 1.165) is 11.3 Å². The molecular weight excluding hydrogens is 197 g/mol. The van der Waals surface area contributed by atoms with Gasteiger partial charge in [0, 0.05) is 5.38 Å². The molecule has 0 spiro atoms. The van der Waals surface area contributed by atoms with Crippen LogP contribution in [-0.2, 0) is 9.63 Å². The topological polar surface area (TPSA) is 77.6 Å². The van der Waals surface area contributed by atoms with Crippen LogP contribution in [0.3, 0.4) is 0 Å². The molecule has 1 heterocycles. The minimum absolute atomic E-state index is 0.203. The molecule has 1 rings (SSSR count). The van der Waals surface area contributed by atoms with Gasteiger partial charge in [-0.3, -0.25) is 4.79 Å². The number of oxime groups is 1. The molecule has 0 saturated heterocycles. The summed E-state index contributed by atoms with van der Waals surface area (Å²) in [5, 5.41) is 4.94. The van der Waals surface area contributed by atoms with Crippen molar-refractivity contribution in [2.45, 2.75) is 0 Å². The molecule has 0 aliphatic rings. The molecule has 0 aliphatic heterocycles. The first-order valence-corrected chi connectivity index (χ1v) is 4.01. The number of carbonyl (C=O) groups excluding carboxylic acids is 1. The highest BCUT2D eigenvalue weighted by atomic mass is 32.1. The van der Waals surface area contributed by atoms with Crippen LogP contribution in [0, 0.1) is 0 Å². The fraction of sp³-hybridized carbons (Fsp3) is 0.167. The van der Waals surface area contributed by atoms with Gasteiger partial charge < -0.3 is 10.6 Å². The van der Waals surface area contributed by atoms with Crippen LogP contribution in [-0.4, -0.2) is 23.8 Å². The Morgan fingerprint density at radius 1 is 1.92 bits per heavy atom. The Kier molecular flexibility index (Phi) is 3.32. The minimum Gasteiger partial charge on any atom is -0.375 e. The normalized spacial score (nSPS) is 11.3. The standard InChI is InChI=1S/C6H5FN3O2S/c7-3-12-10-4(1-11)5-2-13-6(8)9-5/h2H,3H2,(H2,8,9)/b10-4+. The molecule has 0 aliphatic carbocycles. The van der Waals surface area contributed by atoms with Crippen molar-refractivity contribution in [2.75, 3.05) is 12.6 Å². The average molecular weight is 202 g/mol. The summed E-state index contributed by atoms with van der Waals surface area (Å²) >= 11 is 1.14. The van der Waals surface area contributed by atoms with Crippen LogP contribution in [0.2, 0.25) is 0 Å². The van der Waals surface area contributed by atoms with Crippen molar-refractivity contribution in [3.05, 3.63) is 11.1 Å². The van der Waals surface area contributed by atoms with E-state index < -0.39 is 6.86 Å². The van der Waals surface area contributed by atoms with E-state index in [2.05, 4.69) is 15.0 Å². The number of anilines is 1. The van der Waals surface area contributed by atoms with Crippen molar-refractivity contribution in [2.24, 2.45) is 5.16 Å². The third kappa shape index (κ3) is 2.48. The highest BCUT2D eigenvalue weighted by molar-refractivity contribution is 7.13. The minimum atomic E-state index is -1.11. The summed E-state index contributed by atoms with van der Waals surface area (Å²) in [4.78, 5) is 18.1. The maximum atomic E-state index is 11.5. The molecule has 1 aromatic heterocycles. The number of alkyl halides is 1. The van der Waals surface area contributed by atoms with Gasteiger partial charge in [0.15, 0.2) is 10.8 Å². The van der Waals surface area contributed by atoms with Crippen molar-refractivity contribution in [1.29, 1.82) is 0 Å². The Morgan fingerprint density at radius 2 is 2.69 bits per heavy atom. The SMILES string of the molecule is Nc1nc(/C([C]=O)=N/OCF)cs1. The highest BCUT2D eigenvalue weighted by Crippen LogP contribution is 2.11. The summed E-state index contributed by atoms with van der Waals surface area (Å²) < 4.78 is 11.5. The lowest BCUT2D eigenvalue weighted by Gasteiger charge is -1.91. The van der Waals surface area contributed by atoms with Gasteiger partial charge in [-0.25, -0.2) is 9.37 Å². The third-order valence-corrected chi connectivity index (χ3v) is 1.74. The molecule has 2 N–H and O–H groups in total. The maximum absolute atomic E-state index is 11.5. The van der Waals surface area contributed by atoms with E-state index in [1.165, 1.54) is 11.7 Å². The van der Waals surface area contributed by atoms with Gasteiger partial charge in [-0.15, -0.1) is 11.3 Å². The predicted octanol–water partition coefficient (Wildman–Crippen LogP) is 0.483. The molecule has 0 fully saturated rings. The Hall–Kier alpha value is -1.50. The smallest absolute Gasteiger partial charge is 0.259 e. The van der Waals surface area contributed by atoms with Crippen molar-refractivity contribution < 1.29 is 14.0 Å². The molecule has 0 unspecified atom stereocenters. The summed E-state index contributed by atoms with van der Waals surface area (Å²) in [6.07, 6.45) is 1.46. The van der Waals surface area contributed by atoms with E-state index in [0.29, 0.717) is 0 Å². The van der Waals surface area contributed by atoms with Crippen molar-refractivity contribution in [1.82, 2.24) is 4.98 Å². The second-order valence-electron chi connectivity index (χ2n) is 1.85. The van der Waals surface area contributed by atoms with E-state index in [9.17, 15) is 9.18 Å². The number of hydrogen-bond donors (Lipinski definition) is 1. The molecular formula is C6H5FN3O2S. The number of halogens is 1. The zero-order valence-electron chi connectivity index (χ0n) is 6.36. The lowest BCUT2D eigenvalue weighted by Crippen LogP contribution is -2.04. The Balaban J connectivity index is 2.84. The molecule has 0 bridgehead atoms. The van der Waals surface area contributed by atoms with E-state index in [-0.39, 0.29) is 16.5 Å². The lowest BCUT2D eigenvalue weighted by atomic mass is 10.3. The molecule has 0 amide bonds. The molecule has 5 nitrogen and oxygen atoms in total. The third-order valence-electron chi connectivity index (χ3n) is 1.07. The van der Waals surface area contributed by atoms with Crippen LogP contribution >= 0.6 is 11.3 Å². The highest BCUT2D eigenvalue weighted by Gasteiger charge is 2.08. The van der Waals surface area contributed by atoms with Gasteiger partial charge in [0.2, 0.25) is 0 Å². The van der Waals surface area contributed by atoms with Gasteiger partial charge in [-0.2, -0.15) is 0 Å². The summed E-state index contributed by atoms with van der Waals surface area (Å²) in [7, 11) is 0. The molecule has 0 atom stereocenters. The number of aromatic nitrogens is 1. The van der Waals surface area contributed by atoms with Crippen LogP contribution < -0.4 is 5.73 Å². The number of rotatable bonds is 4. The van der Waals surface area contributed by atoms with Gasteiger partial charge >= 0.3 is 0 Å². The van der Waals surface area contributed by atoms with Gasteiger partial charge in [0.1, 0.15) is 5.69 Å². The van der Waals surface area contributed by atoms with E-state index in [1.54, 1.807) is 0 Å². The summed E-state index contributed by atoms with van der Waals surface area (Å²) in [5.41, 5.74) is 5.33.